The van der Waals surface area contributed by atoms with Crippen molar-refractivity contribution >= 4 is 0 Å². The molecule has 1 aromatic rings. The van der Waals surface area contributed by atoms with Gasteiger partial charge in [0, 0.05) is 5.54 Å². The van der Waals surface area contributed by atoms with E-state index in [1.54, 1.807) is 0 Å². The number of rotatable bonds is 2. The van der Waals surface area contributed by atoms with Crippen LogP contribution in [0.1, 0.15) is 30.5 Å². The molecule has 1 nitrogen and oxygen atoms in total. The second kappa shape index (κ2) is 4.70. The molecule has 0 atom stereocenters. The van der Waals surface area contributed by atoms with Crippen LogP contribution in [0.3, 0.4) is 0 Å². The summed E-state index contributed by atoms with van der Waals surface area (Å²) >= 11 is 0. The van der Waals surface area contributed by atoms with Gasteiger partial charge in [-0.2, -0.15) is 26.3 Å². The molecule has 0 fully saturated rings. The van der Waals surface area contributed by atoms with Gasteiger partial charge >= 0.3 is 12.4 Å². The number of hydrogen-bond acceptors (Lipinski definition) is 1. The van der Waals surface area contributed by atoms with Crippen molar-refractivity contribution in [2.75, 3.05) is 0 Å². The highest BCUT2D eigenvalue weighted by Gasteiger charge is 2.37. The third-order valence-electron chi connectivity index (χ3n) is 2.31. The summed E-state index contributed by atoms with van der Waals surface area (Å²) in [5.41, 5.74) is 2.00. The summed E-state index contributed by atoms with van der Waals surface area (Å²) in [7, 11) is 0. The molecule has 2 N–H and O–H groups in total. The fourth-order valence-electron chi connectivity index (χ4n) is 1.65. The van der Waals surface area contributed by atoms with Crippen molar-refractivity contribution in [3.05, 3.63) is 34.9 Å². The average molecular weight is 285 g/mol. The Hall–Kier alpha value is -1.24. The van der Waals surface area contributed by atoms with Crippen LogP contribution in [0.15, 0.2) is 18.2 Å². The van der Waals surface area contributed by atoms with Crippen LogP contribution in [0.2, 0.25) is 0 Å². The summed E-state index contributed by atoms with van der Waals surface area (Å²) < 4.78 is 75.4. The predicted octanol–water partition coefficient (Wildman–Crippen LogP) is 4.00. The molecule has 0 aromatic heterocycles. The molecule has 0 aliphatic heterocycles. The smallest absolute Gasteiger partial charge is 0.325 e. The number of benzene rings is 1. The molecule has 0 aliphatic rings. The van der Waals surface area contributed by atoms with E-state index in [2.05, 4.69) is 0 Å². The van der Waals surface area contributed by atoms with Crippen LogP contribution in [-0.4, -0.2) is 5.54 Å². The second-order valence-corrected chi connectivity index (χ2v) is 5.08. The van der Waals surface area contributed by atoms with Gasteiger partial charge in [-0.1, -0.05) is 0 Å². The summed E-state index contributed by atoms with van der Waals surface area (Å²) in [5, 5.41) is 0. The SMILES string of the molecule is CC(C)(N)Cc1cc(C(F)(F)F)cc(C(F)(F)F)c1. The van der Waals surface area contributed by atoms with Gasteiger partial charge in [0.1, 0.15) is 0 Å². The van der Waals surface area contributed by atoms with Gasteiger partial charge in [0.05, 0.1) is 11.1 Å². The maximum Gasteiger partial charge on any atom is 0.416 e. The molecule has 0 unspecified atom stereocenters. The highest BCUT2D eigenvalue weighted by atomic mass is 19.4. The Kier molecular flexibility index (Phi) is 3.91. The van der Waals surface area contributed by atoms with Crippen molar-refractivity contribution in [1.29, 1.82) is 0 Å². The molecule has 0 bridgehead atoms. The van der Waals surface area contributed by atoms with Crippen molar-refractivity contribution in [3.8, 4) is 0 Å². The maximum absolute atomic E-state index is 12.6. The lowest BCUT2D eigenvalue weighted by Crippen LogP contribution is -2.34. The first kappa shape index (κ1) is 15.8. The number of hydrogen-bond donors (Lipinski definition) is 1. The van der Waals surface area contributed by atoms with Gasteiger partial charge in [-0.3, -0.25) is 0 Å². The lowest BCUT2D eigenvalue weighted by atomic mass is 9.93. The zero-order chi connectivity index (χ0) is 15.1. The van der Waals surface area contributed by atoms with Crippen molar-refractivity contribution in [1.82, 2.24) is 0 Å². The maximum atomic E-state index is 12.6. The summed E-state index contributed by atoms with van der Waals surface area (Å²) in [6, 6.07) is 1.50. The Morgan fingerprint density at radius 1 is 0.842 bits per heavy atom. The van der Waals surface area contributed by atoms with Crippen LogP contribution in [0, 0.1) is 0 Å². The van der Waals surface area contributed by atoms with Crippen LogP contribution < -0.4 is 5.73 Å². The van der Waals surface area contributed by atoms with Crippen molar-refractivity contribution < 1.29 is 26.3 Å². The third-order valence-corrected chi connectivity index (χ3v) is 2.31. The highest BCUT2D eigenvalue weighted by Crippen LogP contribution is 2.36. The second-order valence-electron chi connectivity index (χ2n) is 5.08. The monoisotopic (exact) mass is 285 g/mol. The Balaban J connectivity index is 3.33. The van der Waals surface area contributed by atoms with Gasteiger partial charge in [0.15, 0.2) is 0 Å². The molecule has 0 aliphatic carbocycles. The number of alkyl halides is 6. The summed E-state index contributed by atoms with van der Waals surface area (Å²) in [4.78, 5) is 0. The molecule has 1 rings (SSSR count). The molecular formula is C12H13F6N. The minimum atomic E-state index is -4.82. The van der Waals surface area contributed by atoms with Gasteiger partial charge in [0.25, 0.3) is 0 Å². The lowest BCUT2D eigenvalue weighted by Gasteiger charge is -2.20. The van der Waals surface area contributed by atoms with Crippen LogP contribution in [0.4, 0.5) is 26.3 Å². The predicted molar refractivity (Wildman–Crippen MR) is 58.4 cm³/mol. The van der Waals surface area contributed by atoms with E-state index in [0.717, 1.165) is 0 Å². The first-order chi connectivity index (χ1) is 8.29. The van der Waals surface area contributed by atoms with Crippen molar-refractivity contribution in [2.24, 2.45) is 5.73 Å². The molecule has 0 amide bonds. The summed E-state index contributed by atoms with van der Waals surface area (Å²) in [5.74, 6) is 0. The summed E-state index contributed by atoms with van der Waals surface area (Å²) in [6.07, 6.45) is -9.73. The van der Waals surface area contributed by atoms with Gasteiger partial charge in [-0.15, -0.1) is 0 Å². The molecule has 0 saturated carbocycles. The fourth-order valence-corrected chi connectivity index (χ4v) is 1.65. The van der Waals surface area contributed by atoms with Crippen LogP contribution >= 0.6 is 0 Å². The normalized spacial score (nSPS) is 13.7. The first-order valence-electron chi connectivity index (χ1n) is 5.36. The molecular weight excluding hydrogens is 272 g/mol. The molecule has 0 heterocycles. The van der Waals surface area contributed by atoms with Gasteiger partial charge < -0.3 is 5.73 Å². The Labute approximate surface area is 106 Å². The molecule has 7 heteroatoms. The molecule has 0 radical (unpaired) electrons. The molecule has 108 valence electrons. The van der Waals surface area contributed by atoms with E-state index in [-0.39, 0.29) is 18.1 Å². The molecule has 0 spiro atoms. The van der Waals surface area contributed by atoms with Crippen LogP contribution in [-0.2, 0) is 18.8 Å². The van der Waals surface area contributed by atoms with Crippen molar-refractivity contribution in [2.45, 2.75) is 38.2 Å². The van der Waals surface area contributed by atoms with Crippen molar-refractivity contribution in [3.63, 3.8) is 0 Å². The molecule has 0 saturated heterocycles. The van der Waals surface area contributed by atoms with E-state index >= 15 is 0 Å². The van der Waals surface area contributed by atoms with Crippen LogP contribution in [0.5, 0.6) is 0 Å². The zero-order valence-corrected chi connectivity index (χ0v) is 10.3. The van der Waals surface area contributed by atoms with E-state index in [4.69, 9.17) is 5.73 Å². The third kappa shape index (κ3) is 4.74. The number of nitrogens with two attached hydrogens (primary N) is 1. The Bertz CT molecular complexity index is 421. The molecule has 19 heavy (non-hydrogen) atoms. The standard InChI is InChI=1S/C12H13F6N/c1-10(2,19)6-7-3-8(11(13,14)15)5-9(4-7)12(16,17)18/h3-5H,6,19H2,1-2H3. The van der Waals surface area contributed by atoms with E-state index in [1.165, 1.54) is 13.8 Å². The fraction of sp³-hybridized carbons (Fsp3) is 0.500. The Morgan fingerprint density at radius 2 is 1.21 bits per heavy atom. The lowest BCUT2D eigenvalue weighted by molar-refractivity contribution is -0.143. The van der Waals surface area contributed by atoms with E-state index < -0.39 is 29.0 Å². The van der Waals surface area contributed by atoms with Gasteiger partial charge in [-0.05, 0) is 44.0 Å². The number of halogens is 6. The topological polar surface area (TPSA) is 26.0 Å². The minimum absolute atomic E-state index is 0.0833. The first-order valence-corrected chi connectivity index (χ1v) is 5.36. The van der Waals surface area contributed by atoms with Gasteiger partial charge in [0.2, 0.25) is 0 Å². The zero-order valence-electron chi connectivity index (χ0n) is 10.3. The quantitative estimate of drug-likeness (QED) is 0.816. The average Bonchev–Trinajstić information content (AvgIpc) is 2.11. The van der Waals surface area contributed by atoms with Crippen LogP contribution in [0.25, 0.3) is 0 Å². The van der Waals surface area contributed by atoms with E-state index in [0.29, 0.717) is 12.1 Å². The van der Waals surface area contributed by atoms with Gasteiger partial charge in [-0.25, -0.2) is 0 Å². The highest BCUT2D eigenvalue weighted by molar-refractivity contribution is 5.34. The molecule has 1 aromatic carbocycles. The Morgan fingerprint density at radius 3 is 1.47 bits per heavy atom. The van der Waals surface area contributed by atoms with E-state index in [9.17, 15) is 26.3 Å². The largest absolute Gasteiger partial charge is 0.416 e. The minimum Gasteiger partial charge on any atom is -0.325 e. The van der Waals surface area contributed by atoms with E-state index in [1.807, 2.05) is 0 Å². The summed E-state index contributed by atoms with van der Waals surface area (Å²) in [6.45, 7) is 3.06.